The predicted molar refractivity (Wildman–Crippen MR) is 59.2 cm³/mol. The Labute approximate surface area is 84.6 Å². The number of hydrogen-bond acceptors (Lipinski definition) is 2. The van der Waals surface area contributed by atoms with Crippen molar-refractivity contribution in [2.45, 2.75) is 20.3 Å². The lowest BCUT2D eigenvalue weighted by Gasteiger charge is -2.03. The van der Waals surface area contributed by atoms with Crippen molar-refractivity contribution < 1.29 is 4.74 Å². The van der Waals surface area contributed by atoms with E-state index in [1.54, 1.807) is 6.92 Å². The van der Waals surface area contributed by atoms with E-state index in [2.05, 4.69) is 11.9 Å². The average Bonchev–Trinajstić information content (AvgIpc) is 2.16. The molecule has 0 fully saturated rings. The van der Waals surface area contributed by atoms with E-state index in [-0.39, 0.29) is 0 Å². The van der Waals surface area contributed by atoms with Crippen molar-refractivity contribution in [1.29, 1.82) is 0 Å². The quantitative estimate of drug-likeness (QED) is 0.588. The molecule has 3 heteroatoms. The van der Waals surface area contributed by atoms with Crippen LogP contribution in [0.1, 0.15) is 20.3 Å². The van der Waals surface area contributed by atoms with Crippen LogP contribution in [0.4, 0.5) is 5.69 Å². The van der Waals surface area contributed by atoms with Gasteiger partial charge in [-0.05, 0) is 37.6 Å². The summed E-state index contributed by atoms with van der Waals surface area (Å²) < 4.78 is 5.44. The molecule has 0 saturated carbocycles. The van der Waals surface area contributed by atoms with E-state index in [0.29, 0.717) is 5.84 Å². The Kier molecular flexibility index (Phi) is 3.98. The molecular weight excluding hydrogens is 176 g/mol. The second-order valence-electron chi connectivity index (χ2n) is 3.10. The van der Waals surface area contributed by atoms with Gasteiger partial charge in [0.15, 0.2) is 0 Å². The molecule has 14 heavy (non-hydrogen) atoms. The smallest absolute Gasteiger partial charge is 0.119 e. The van der Waals surface area contributed by atoms with Gasteiger partial charge in [-0.25, -0.2) is 4.99 Å². The molecule has 0 spiro atoms. The summed E-state index contributed by atoms with van der Waals surface area (Å²) >= 11 is 0. The van der Waals surface area contributed by atoms with Gasteiger partial charge in [-0.15, -0.1) is 0 Å². The molecule has 0 heterocycles. The summed E-state index contributed by atoms with van der Waals surface area (Å²) in [7, 11) is 0. The Morgan fingerprint density at radius 2 is 2.00 bits per heavy atom. The van der Waals surface area contributed by atoms with Gasteiger partial charge in [0.25, 0.3) is 0 Å². The van der Waals surface area contributed by atoms with Crippen LogP contribution in [0.3, 0.4) is 0 Å². The molecule has 1 rings (SSSR count). The summed E-state index contributed by atoms with van der Waals surface area (Å²) in [6, 6.07) is 7.58. The molecule has 76 valence electrons. The van der Waals surface area contributed by atoms with E-state index in [4.69, 9.17) is 10.5 Å². The number of rotatable bonds is 4. The van der Waals surface area contributed by atoms with Gasteiger partial charge >= 0.3 is 0 Å². The number of ether oxygens (including phenoxy) is 1. The monoisotopic (exact) mass is 192 g/mol. The van der Waals surface area contributed by atoms with Crippen LogP contribution in [0.15, 0.2) is 29.3 Å². The molecule has 2 N–H and O–H groups in total. The third-order valence-electron chi connectivity index (χ3n) is 1.62. The predicted octanol–water partition coefficient (Wildman–Crippen LogP) is 2.48. The fourth-order valence-electron chi connectivity index (χ4n) is 1.04. The Balaban J connectivity index is 2.64. The minimum absolute atomic E-state index is 0.562. The number of aliphatic imine (C=N–C) groups is 1. The van der Waals surface area contributed by atoms with Crippen LogP contribution in [-0.4, -0.2) is 12.4 Å². The van der Waals surface area contributed by atoms with Crippen molar-refractivity contribution in [3.8, 4) is 5.75 Å². The normalized spacial score (nSPS) is 11.4. The van der Waals surface area contributed by atoms with Gasteiger partial charge < -0.3 is 10.5 Å². The number of nitrogens with two attached hydrogens (primary N) is 1. The van der Waals surface area contributed by atoms with Crippen molar-refractivity contribution in [2.24, 2.45) is 10.7 Å². The lowest BCUT2D eigenvalue weighted by Crippen LogP contribution is -2.03. The molecule has 1 aromatic rings. The summed E-state index contributed by atoms with van der Waals surface area (Å²) in [5.74, 6) is 1.44. The lowest BCUT2D eigenvalue weighted by molar-refractivity contribution is 0.317. The lowest BCUT2D eigenvalue weighted by atomic mass is 10.3. The van der Waals surface area contributed by atoms with E-state index in [9.17, 15) is 0 Å². The SMILES string of the molecule is CCCOc1ccc(N=C(C)N)cc1. The van der Waals surface area contributed by atoms with Crippen molar-refractivity contribution in [3.05, 3.63) is 24.3 Å². The Morgan fingerprint density at radius 1 is 1.36 bits per heavy atom. The summed E-state index contributed by atoms with van der Waals surface area (Å²) in [5.41, 5.74) is 6.32. The molecule has 1 aromatic carbocycles. The zero-order valence-electron chi connectivity index (χ0n) is 8.66. The fraction of sp³-hybridized carbons (Fsp3) is 0.364. The van der Waals surface area contributed by atoms with E-state index >= 15 is 0 Å². The number of nitrogens with zero attached hydrogens (tertiary/aromatic N) is 1. The first-order chi connectivity index (χ1) is 6.72. The van der Waals surface area contributed by atoms with Crippen LogP contribution in [0.5, 0.6) is 5.75 Å². The fourth-order valence-corrected chi connectivity index (χ4v) is 1.04. The summed E-state index contributed by atoms with van der Waals surface area (Å²) in [4.78, 5) is 4.12. The van der Waals surface area contributed by atoms with Gasteiger partial charge in [0, 0.05) is 0 Å². The molecule has 0 aromatic heterocycles. The van der Waals surface area contributed by atoms with Crippen LogP contribution in [0, 0.1) is 0 Å². The Hall–Kier alpha value is -1.51. The highest BCUT2D eigenvalue weighted by atomic mass is 16.5. The molecule has 0 saturated heterocycles. The minimum Gasteiger partial charge on any atom is -0.494 e. The minimum atomic E-state index is 0.562. The zero-order valence-corrected chi connectivity index (χ0v) is 8.66. The van der Waals surface area contributed by atoms with Gasteiger partial charge in [-0.2, -0.15) is 0 Å². The highest BCUT2D eigenvalue weighted by Gasteiger charge is 1.93. The summed E-state index contributed by atoms with van der Waals surface area (Å²) in [6.45, 7) is 4.59. The molecular formula is C11H16N2O. The van der Waals surface area contributed by atoms with Crippen LogP contribution >= 0.6 is 0 Å². The average molecular weight is 192 g/mol. The first kappa shape index (κ1) is 10.6. The maximum Gasteiger partial charge on any atom is 0.119 e. The molecule has 0 atom stereocenters. The van der Waals surface area contributed by atoms with Crippen molar-refractivity contribution in [2.75, 3.05) is 6.61 Å². The van der Waals surface area contributed by atoms with Gasteiger partial charge in [-0.1, -0.05) is 6.92 Å². The molecule has 0 amide bonds. The van der Waals surface area contributed by atoms with E-state index < -0.39 is 0 Å². The summed E-state index contributed by atoms with van der Waals surface area (Å²) in [5, 5.41) is 0. The van der Waals surface area contributed by atoms with Crippen molar-refractivity contribution in [3.63, 3.8) is 0 Å². The maximum atomic E-state index is 5.46. The van der Waals surface area contributed by atoms with Gasteiger partial charge in [0.1, 0.15) is 5.75 Å². The molecule has 0 radical (unpaired) electrons. The third-order valence-corrected chi connectivity index (χ3v) is 1.62. The van der Waals surface area contributed by atoms with Gasteiger partial charge in [0.2, 0.25) is 0 Å². The van der Waals surface area contributed by atoms with E-state index in [1.165, 1.54) is 0 Å². The van der Waals surface area contributed by atoms with E-state index in [1.807, 2.05) is 24.3 Å². The standard InChI is InChI=1S/C11H16N2O/c1-3-8-14-11-6-4-10(5-7-11)13-9(2)12/h4-7H,3,8H2,1-2H3,(H2,12,13). The Bertz CT molecular complexity index is 300. The Morgan fingerprint density at radius 3 is 2.50 bits per heavy atom. The molecule has 0 aliphatic rings. The maximum absolute atomic E-state index is 5.46. The highest BCUT2D eigenvalue weighted by molar-refractivity contribution is 5.80. The van der Waals surface area contributed by atoms with Crippen LogP contribution < -0.4 is 10.5 Å². The van der Waals surface area contributed by atoms with Crippen molar-refractivity contribution in [1.82, 2.24) is 0 Å². The topological polar surface area (TPSA) is 47.6 Å². The molecule has 0 bridgehead atoms. The van der Waals surface area contributed by atoms with Gasteiger partial charge in [0.05, 0.1) is 18.1 Å². The number of amidine groups is 1. The number of hydrogen-bond donors (Lipinski definition) is 1. The highest BCUT2D eigenvalue weighted by Crippen LogP contribution is 2.17. The molecule has 3 nitrogen and oxygen atoms in total. The van der Waals surface area contributed by atoms with Crippen LogP contribution in [-0.2, 0) is 0 Å². The first-order valence-electron chi connectivity index (χ1n) is 4.76. The summed E-state index contributed by atoms with van der Waals surface area (Å²) in [6.07, 6.45) is 1.02. The second-order valence-corrected chi connectivity index (χ2v) is 3.10. The third kappa shape index (κ3) is 3.47. The van der Waals surface area contributed by atoms with Gasteiger partial charge in [-0.3, -0.25) is 0 Å². The molecule has 0 unspecified atom stereocenters. The first-order valence-corrected chi connectivity index (χ1v) is 4.76. The molecule has 0 aliphatic carbocycles. The van der Waals surface area contributed by atoms with Crippen LogP contribution in [0.2, 0.25) is 0 Å². The largest absolute Gasteiger partial charge is 0.494 e. The van der Waals surface area contributed by atoms with E-state index in [0.717, 1.165) is 24.5 Å². The second kappa shape index (κ2) is 5.27. The van der Waals surface area contributed by atoms with Crippen LogP contribution in [0.25, 0.3) is 0 Å². The zero-order chi connectivity index (χ0) is 10.4. The number of benzene rings is 1. The molecule has 0 aliphatic heterocycles. The van der Waals surface area contributed by atoms with Crippen molar-refractivity contribution >= 4 is 11.5 Å².